The molecule has 0 aliphatic carbocycles. The van der Waals surface area contributed by atoms with Gasteiger partial charge in [-0.25, -0.2) is 18.7 Å². The molecular weight excluding hydrogens is 224 g/mol. The van der Waals surface area contributed by atoms with E-state index in [4.69, 9.17) is 0 Å². The molecule has 0 aliphatic heterocycles. The van der Waals surface area contributed by atoms with E-state index in [0.717, 1.165) is 11.8 Å². The molecule has 1 aromatic heterocycles. The molecule has 1 aromatic carbocycles. The highest BCUT2D eigenvalue weighted by Crippen LogP contribution is 2.15. The van der Waals surface area contributed by atoms with Crippen molar-refractivity contribution in [1.82, 2.24) is 9.97 Å². The van der Waals surface area contributed by atoms with Crippen molar-refractivity contribution in [3.63, 3.8) is 0 Å². The van der Waals surface area contributed by atoms with E-state index in [9.17, 15) is 8.78 Å². The van der Waals surface area contributed by atoms with E-state index in [0.29, 0.717) is 6.54 Å². The maximum absolute atomic E-state index is 13.4. The molecule has 0 amide bonds. The van der Waals surface area contributed by atoms with E-state index < -0.39 is 5.82 Å². The van der Waals surface area contributed by atoms with E-state index in [2.05, 4.69) is 9.97 Å². The van der Waals surface area contributed by atoms with Crippen LogP contribution in [0.5, 0.6) is 0 Å². The van der Waals surface area contributed by atoms with Crippen LogP contribution in [0.25, 0.3) is 0 Å². The second-order valence-corrected chi connectivity index (χ2v) is 3.68. The molecule has 0 bridgehead atoms. The van der Waals surface area contributed by atoms with Crippen molar-refractivity contribution in [1.29, 1.82) is 0 Å². The molecule has 5 heteroatoms. The highest BCUT2D eigenvalue weighted by atomic mass is 19.1. The molecule has 2 aromatic rings. The molecule has 0 saturated heterocycles. The Balaban J connectivity index is 2.17. The van der Waals surface area contributed by atoms with Gasteiger partial charge in [0, 0.05) is 13.6 Å². The summed E-state index contributed by atoms with van der Waals surface area (Å²) in [6.45, 7) is 0.381. The Kier molecular flexibility index (Phi) is 3.27. The molecule has 17 heavy (non-hydrogen) atoms. The fourth-order valence-corrected chi connectivity index (χ4v) is 1.57. The Labute approximate surface area is 97.7 Å². The average Bonchev–Trinajstić information content (AvgIpc) is 2.29. The minimum Gasteiger partial charge on any atom is -0.353 e. The van der Waals surface area contributed by atoms with E-state index in [1.165, 1.54) is 18.5 Å². The first-order valence-electron chi connectivity index (χ1n) is 5.08. The summed E-state index contributed by atoms with van der Waals surface area (Å²) < 4.78 is 26.4. The number of benzene rings is 1. The van der Waals surface area contributed by atoms with Crippen molar-refractivity contribution in [2.24, 2.45) is 0 Å². The smallest absolute Gasteiger partial charge is 0.183 e. The average molecular weight is 235 g/mol. The minimum atomic E-state index is -0.494. The first-order valence-corrected chi connectivity index (χ1v) is 5.08. The Morgan fingerprint density at radius 3 is 2.82 bits per heavy atom. The van der Waals surface area contributed by atoms with E-state index in [-0.39, 0.29) is 11.6 Å². The lowest BCUT2D eigenvalue weighted by atomic mass is 10.2. The number of halogens is 2. The normalized spacial score (nSPS) is 10.3. The van der Waals surface area contributed by atoms with Gasteiger partial charge < -0.3 is 4.90 Å². The third-order valence-electron chi connectivity index (χ3n) is 2.32. The summed E-state index contributed by atoms with van der Waals surface area (Å²) in [5, 5.41) is 0. The quantitative estimate of drug-likeness (QED) is 0.818. The van der Waals surface area contributed by atoms with Gasteiger partial charge in [0.05, 0.1) is 6.20 Å². The van der Waals surface area contributed by atoms with Crippen LogP contribution in [0.2, 0.25) is 0 Å². The summed E-state index contributed by atoms with van der Waals surface area (Å²) in [5.41, 5.74) is 0.755. The third-order valence-corrected chi connectivity index (χ3v) is 2.32. The van der Waals surface area contributed by atoms with Crippen LogP contribution in [0.4, 0.5) is 14.6 Å². The van der Waals surface area contributed by atoms with Crippen molar-refractivity contribution < 1.29 is 8.78 Å². The highest BCUT2D eigenvalue weighted by molar-refractivity contribution is 5.38. The monoisotopic (exact) mass is 235 g/mol. The van der Waals surface area contributed by atoms with Crippen LogP contribution in [0, 0.1) is 11.6 Å². The standard InChI is InChI=1S/C12H11F2N3/c1-17(12-11(14)6-15-8-16-12)7-9-3-2-4-10(13)5-9/h2-6,8H,7H2,1H3. The van der Waals surface area contributed by atoms with Crippen molar-refractivity contribution >= 4 is 5.82 Å². The van der Waals surface area contributed by atoms with Crippen LogP contribution in [0.15, 0.2) is 36.8 Å². The molecule has 2 rings (SSSR count). The van der Waals surface area contributed by atoms with Gasteiger partial charge in [0.1, 0.15) is 12.1 Å². The molecule has 0 atom stereocenters. The van der Waals surface area contributed by atoms with Crippen molar-refractivity contribution in [3.8, 4) is 0 Å². The second-order valence-electron chi connectivity index (χ2n) is 3.68. The predicted molar refractivity (Wildman–Crippen MR) is 60.5 cm³/mol. The zero-order valence-corrected chi connectivity index (χ0v) is 9.27. The number of anilines is 1. The molecule has 0 N–H and O–H groups in total. The molecule has 0 unspecified atom stereocenters. The van der Waals surface area contributed by atoms with Gasteiger partial charge in [0.15, 0.2) is 11.6 Å². The van der Waals surface area contributed by atoms with Crippen LogP contribution in [0.1, 0.15) is 5.56 Å². The summed E-state index contributed by atoms with van der Waals surface area (Å²) in [5.74, 6) is -0.602. The van der Waals surface area contributed by atoms with Gasteiger partial charge in [-0.3, -0.25) is 0 Å². The maximum Gasteiger partial charge on any atom is 0.183 e. The highest BCUT2D eigenvalue weighted by Gasteiger charge is 2.09. The van der Waals surface area contributed by atoms with Crippen molar-refractivity contribution in [2.45, 2.75) is 6.54 Å². The third kappa shape index (κ3) is 2.75. The lowest BCUT2D eigenvalue weighted by Gasteiger charge is -2.18. The van der Waals surface area contributed by atoms with Crippen molar-refractivity contribution in [2.75, 3.05) is 11.9 Å². The van der Waals surface area contributed by atoms with Gasteiger partial charge in [-0.2, -0.15) is 0 Å². The fourth-order valence-electron chi connectivity index (χ4n) is 1.57. The summed E-state index contributed by atoms with van der Waals surface area (Å²) in [6, 6.07) is 6.18. The fraction of sp³-hybridized carbons (Fsp3) is 0.167. The molecule has 3 nitrogen and oxygen atoms in total. The van der Waals surface area contributed by atoms with Gasteiger partial charge in [-0.1, -0.05) is 12.1 Å². The molecule has 0 fully saturated rings. The van der Waals surface area contributed by atoms with Gasteiger partial charge in [0.2, 0.25) is 0 Å². The summed E-state index contributed by atoms with van der Waals surface area (Å²) in [6.07, 6.45) is 2.38. The zero-order chi connectivity index (χ0) is 12.3. The SMILES string of the molecule is CN(Cc1cccc(F)c1)c1ncncc1F. The van der Waals surface area contributed by atoms with E-state index in [1.54, 1.807) is 24.1 Å². The number of hydrogen-bond acceptors (Lipinski definition) is 3. The molecule has 0 saturated carbocycles. The van der Waals surface area contributed by atoms with Gasteiger partial charge in [0.25, 0.3) is 0 Å². The van der Waals surface area contributed by atoms with Gasteiger partial charge in [-0.05, 0) is 17.7 Å². The molecule has 0 radical (unpaired) electrons. The lowest BCUT2D eigenvalue weighted by Crippen LogP contribution is -2.19. The first kappa shape index (κ1) is 11.4. The summed E-state index contributed by atoms with van der Waals surface area (Å²) in [4.78, 5) is 9.02. The predicted octanol–water partition coefficient (Wildman–Crippen LogP) is 2.39. The van der Waals surface area contributed by atoms with Crippen molar-refractivity contribution in [3.05, 3.63) is 54.0 Å². The van der Waals surface area contributed by atoms with Crippen LogP contribution in [-0.4, -0.2) is 17.0 Å². The van der Waals surface area contributed by atoms with Gasteiger partial charge >= 0.3 is 0 Å². The van der Waals surface area contributed by atoms with Crippen LogP contribution < -0.4 is 4.90 Å². The van der Waals surface area contributed by atoms with Crippen LogP contribution in [0.3, 0.4) is 0 Å². The van der Waals surface area contributed by atoms with Gasteiger partial charge in [-0.15, -0.1) is 0 Å². The molecular formula is C12H11F2N3. The van der Waals surface area contributed by atoms with E-state index in [1.807, 2.05) is 0 Å². The first-order chi connectivity index (χ1) is 8.16. The van der Waals surface area contributed by atoms with E-state index >= 15 is 0 Å². The number of nitrogens with zero attached hydrogens (tertiary/aromatic N) is 3. The summed E-state index contributed by atoms with van der Waals surface area (Å²) >= 11 is 0. The topological polar surface area (TPSA) is 29.0 Å². The molecule has 88 valence electrons. The lowest BCUT2D eigenvalue weighted by molar-refractivity contribution is 0.605. The Hall–Kier alpha value is -2.04. The second kappa shape index (κ2) is 4.86. The number of aromatic nitrogens is 2. The Morgan fingerprint density at radius 1 is 1.29 bits per heavy atom. The molecule has 0 spiro atoms. The van der Waals surface area contributed by atoms with Crippen LogP contribution in [-0.2, 0) is 6.54 Å². The summed E-state index contributed by atoms with van der Waals surface area (Å²) in [7, 11) is 1.69. The largest absolute Gasteiger partial charge is 0.353 e. The Bertz CT molecular complexity index is 517. The minimum absolute atomic E-state index is 0.198. The molecule has 1 heterocycles. The Morgan fingerprint density at radius 2 is 2.12 bits per heavy atom. The number of rotatable bonds is 3. The maximum atomic E-state index is 13.4. The molecule has 0 aliphatic rings. The zero-order valence-electron chi connectivity index (χ0n) is 9.27. The van der Waals surface area contributed by atoms with Crippen LogP contribution >= 0.6 is 0 Å². The number of hydrogen-bond donors (Lipinski definition) is 0.